The summed E-state index contributed by atoms with van der Waals surface area (Å²) in [5, 5.41) is 31.2. The Bertz CT molecular complexity index is 1430. The van der Waals surface area contributed by atoms with Crippen molar-refractivity contribution in [1.29, 1.82) is 0 Å². The number of aryl methyl sites for hydroxylation is 2. The van der Waals surface area contributed by atoms with Crippen LogP contribution in [0.1, 0.15) is 41.5 Å². The van der Waals surface area contributed by atoms with E-state index in [2.05, 4.69) is 21.3 Å². The Morgan fingerprint density at radius 2 is 1.69 bits per heavy atom. The van der Waals surface area contributed by atoms with E-state index in [1.807, 2.05) is 20.8 Å². The third kappa shape index (κ3) is 10.4. The third-order valence-corrected chi connectivity index (χ3v) is 9.51. The number of carbonyl (C=O) groups is 5. The Morgan fingerprint density at radius 1 is 1.07 bits per heavy atom. The molecule has 1 heterocycles. The first-order chi connectivity index (χ1) is 21.2. The molecule has 0 bridgehead atoms. The van der Waals surface area contributed by atoms with Crippen molar-refractivity contribution in [2.75, 3.05) is 18.1 Å². The van der Waals surface area contributed by atoms with Crippen LogP contribution in [-0.2, 0) is 30.4 Å². The second kappa shape index (κ2) is 16.1. The molecule has 3 rings (SSSR count). The normalized spacial score (nSPS) is 20.5. The zero-order valence-electron chi connectivity index (χ0n) is 25.0. The van der Waals surface area contributed by atoms with Gasteiger partial charge in [-0.3, -0.25) is 34.1 Å². The van der Waals surface area contributed by atoms with Gasteiger partial charge in [-0.15, -0.1) is 0 Å². The average Bonchev–Trinajstić information content (AvgIpc) is 2.95. The van der Waals surface area contributed by atoms with Crippen molar-refractivity contribution >= 4 is 56.8 Å². The van der Waals surface area contributed by atoms with Crippen LogP contribution in [0.15, 0.2) is 36.4 Å². The summed E-state index contributed by atoms with van der Waals surface area (Å²) in [6.07, 6.45) is 0.00235. The van der Waals surface area contributed by atoms with Crippen LogP contribution in [0.4, 0.5) is 5.69 Å². The number of carbonyl (C=O) groups excluding carboxylic acids is 5. The Labute approximate surface area is 267 Å². The Balaban J connectivity index is 1.73. The average molecular weight is 661 g/mol. The summed E-state index contributed by atoms with van der Waals surface area (Å²) in [6.45, 7) is 5.06. The number of nitro benzene ring substituents is 1. The molecule has 5 amide bonds. The number of rotatable bonds is 8. The number of primary amides is 1. The molecule has 4 atom stereocenters. The van der Waals surface area contributed by atoms with E-state index in [0.717, 1.165) is 16.7 Å². The van der Waals surface area contributed by atoms with Gasteiger partial charge in [-0.1, -0.05) is 40.6 Å². The molecule has 1 fully saturated rings. The first-order valence-corrected chi connectivity index (χ1v) is 16.5. The van der Waals surface area contributed by atoms with Gasteiger partial charge in [0.2, 0.25) is 29.5 Å². The minimum Gasteiger partial charge on any atom is -0.508 e. The van der Waals surface area contributed by atoms with Crippen molar-refractivity contribution in [3.8, 4) is 5.75 Å². The number of phenols is 1. The van der Waals surface area contributed by atoms with Gasteiger partial charge >= 0.3 is 0 Å². The van der Waals surface area contributed by atoms with Crippen LogP contribution in [0.25, 0.3) is 0 Å². The van der Waals surface area contributed by atoms with Gasteiger partial charge in [0.1, 0.15) is 23.9 Å². The second-order valence-corrected chi connectivity index (χ2v) is 13.3. The number of nitrogens with one attached hydrogen (secondary N) is 4. The Morgan fingerprint density at radius 3 is 2.29 bits per heavy atom. The summed E-state index contributed by atoms with van der Waals surface area (Å²) in [5.41, 5.74) is 8.46. The molecule has 45 heavy (non-hydrogen) atoms. The lowest BCUT2D eigenvalue weighted by Gasteiger charge is -2.24. The zero-order valence-corrected chi connectivity index (χ0v) is 26.6. The summed E-state index contributed by atoms with van der Waals surface area (Å²) in [6, 6.07) is 5.36. The summed E-state index contributed by atoms with van der Waals surface area (Å²) < 4.78 is 0. The van der Waals surface area contributed by atoms with Crippen LogP contribution < -0.4 is 27.0 Å². The van der Waals surface area contributed by atoms with Crippen molar-refractivity contribution in [3.05, 3.63) is 68.8 Å². The molecule has 0 aliphatic carbocycles. The minimum atomic E-state index is -1.19. The SMILES string of the molecule is Cc1cc(O)cc(C)c1[C@H](C)CC(=O)N[C@H]1CSSC[C@H](C(N)=O)NC(=O)[C@H](Cc2ccc([N+](=O)[O-])cc2)NC(=O)CNC1=O. The highest BCUT2D eigenvalue weighted by Gasteiger charge is 2.29. The molecule has 2 aromatic rings. The van der Waals surface area contributed by atoms with Gasteiger partial charge in [-0.25, -0.2) is 0 Å². The maximum absolute atomic E-state index is 13.1. The molecule has 0 radical (unpaired) electrons. The van der Waals surface area contributed by atoms with Gasteiger partial charge in [0, 0.05) is 36.5 Å². The topological polar surface area (TPSA) is 223 Å². The summed E-state index contributed by atoms with van der Waals surface area (Å²) in [4.78, 5) is 74.6. The van der Waals surface area contributed by atoms with Crippen LogP contribution in [0.5, 0.6) is 5.75 Å². The molecule has 1 aliphatic rings. The lowest BCUT2D eigenvalue weighted by atomic mass is 9.89. The van der Waals surface area contributed by atoms with E-state index in [9.17, 15) is 39.2 Å². The molecule has 16 heteroatoms. The van der Waals surface area contributed by atoms with Gasteiger partial charge in [-0.05, 0) is 54.2 Å². The Hall–Kier alpha value is -4.31. The van der Waals surface area contributed by atoms with E-state index < -0.39 is 59.1 Å². The fourth-order valence-corrected chi connectivity index (χ4v) is 7.32. The zero-order chi connectivity index (χ0) is 33.3. The molecule has 14 nitrogen and oxygen atoms in total. The van der Waals surface area contributed by atoms with Gasteiger partial charge in [0.25, 0.3) is 5.69 Å². The fourth-order valence-electron chi connectivity index (χ4n) is 4.98. The van der Waals surface area contributed by atoms with Gasteiger partial charge in [0.15, 0.2) is 0 Å². The summed E-state index contributed by atoms with van der Waals surface area (Å²) >= 11 is 0. The second-order valence-electron chi connectivity index (χ2n) is 10.7. The Kier molecular flexibility index (Phi) is 12.6. The molecule has 1 aliphatic heterocycles. The molecule has 0 aromatic heterocycles. The lowest BCUT2D eigenvalue weighted by molar-refractivity contribution is -0.384. The fraction of sp³-hybridized carbons (Fsp3) is 0.414. The number of nitro groups is 1. The van der Waals surface area contributed by atoms with Crippen molar-refractivity contribution in [2.45, 2.75) is 57.7 Å². The number of nitrogens with zero attached hydrogens (tertiary/aromatic N) is 1. The van der Waals surface area contributed by atoms with E-state index in [1.54, 1.807) is 12.1 Å². The van der Waals surface area contributed by atoms with Crippen LogP contribution in [-0.4, -0.2) is 75.7 Å². The molecular weight excluding hydrogens is 624 g/mol. The molecule has 2 aromatic carbocycles. The quantitative estimate of drug-likeness (QED) is 0.134. The molecule has 1 saturated heterocycles. The van der Waals surface area contributed by atoms with Crippen molar-refractivity contribution < 1.29 is 34.0 Å². The van der Waals surface area contributed by atoms with Crippen LogP contribution >= 0.6 is 21.6 Å². The molecular formula is C29H36N6O8S2. The number of hydrogen-bond acceptors (Lipinski definition) is 10. The number of hydrogen-bond donors (Lipinski definition) is 6. The van der Waals surface area contributed by atoms with Crippen LogP contribution in [0, 0.1) is 24.0 Å². The third-order valence-electron chi connectivity index (χ3n) is 7.09. The highest BCUT2D eigenvalue weighted by Crippen LogP contribution is 2.30. The standard InChI is InChI=1S/C29H36N6O8S2/c1-15-8-20(36)9-16(2)26(15)17(3)10-24(37)33-23-14-45-44-13-22(27(30)39)34-29(41)21(32-25(38)12-31-28(23)40)11-18-4-6-19(7-5-18)35(42)43/h4-9,17,21-23,36H,10-14H2,1-3H3,(H2,30,39)(H,31,40)(H,32,38)(H,33,37)(H,34,41)/t17-,21+,22-,23+/m1/s1. The largest absolute Gasteiger partial charge is 0.508 e. The van der Waals surface area contributed by atoms with Crippen molar-refractivity contribution in [3.63, 3.8) is 0 Å². The van der Waals surface area contributed by atoms with Crippen LogP contribution in [0.3, 0.4) is 0 Å². The van der Waals surface area contributed by atoms with E-state index >= 15 is 0 Å². The highest BCUT2D eigenvalue weighted by molar-refractivity contribution is 8.76. The molecule has 7 N–H and O–H groups in total. The predicted molar refractivity (Wildman–Crippen MR) is 170 cm³/mol. The maximum atomic E-state index is 13.1. The number of nitrogens with two attached hydrogens (primary N) is 1. The predicted octanol–water partition coefficient (Wildman–Crippen LogP) is 1.10. The lowest BCUT2D eigenvalue weighted by Crippen LogP contribution is -2.56. The molecule has 242 valence electrons. The summed E-state index contributed by atoms with van der Waals surface area (Å²) in [5.74, 6) is -3.16. The van der Waals surface area contributed by atoms with E-state index in [4.69, 9.17) is 5.73 Å². The number of non-ortho nitro benzene ring substituents is 1. The minimum absolute atomic E-state index is 0.0443. The van der Waals surface area contributed by atoms with Gasteiger partial charge < -0.3 is 32.1 Å². The number of benzene rings is 2. The first kappa shape index (κ1) is 35.2. The van der Waals surface area contributed by atoms with E-state index in [1.165, 1.54) is 45.9 Å². The first-order valence-electron chi connectivity index (χ1n) is 14.0. The van der Waals surface area contributed by atoms with Crippen molar-refractivity contribution in [1.82, 2.24) is 21.3 Å². The molecule has 0 unspecified atom stereocenters. The maximum Gasteiger partial charge on any atom is 0.269 e. The van der Waals surface area contributed by atoms with E-state index in [-0.39, 0.29) is 41.7 Å². The monoisotopic (exact) mass is 660 g/mol. The van der Waals surface area contributed by atoms with Crippen LogP contribution in [0.2, 0.25) is 0 Å². The summed E-state index contributed by atoms with van der Waals surface area (Å²) in [7, 11) is 2.36. The van der Waals surface area contributed by atoms with Gasteiger partial charge in [-0.2, -0.15) is 0 Å². The van der Waals surface area contributed by atoms with E-state index in [0.29, 0.717) is 5.56 Å². The highest BCUT2D eigenvalue weighted by atomic mass is 33.1. The number of phenolic OH excluding ortho intramolecular Hbond substituents is 1. The smallest absolute Gasteiger partial charge is 0.269 e. The number of aromatic hydroxyl groups is 1. The number of amides is 5. The molecule has 0 saturated carbocycles. The molecule has 0 spiro atoms. The van der Waals surface area contributed by atoms with Crippen molar-refractivity contribution in [2.24, 2.45) is 5.73 Å². The van der Waals surface area contributed by atoms with Gasteiger partial charge in [0.05, 0.1) is 11.5 Å².